The monoisotopic (exact) mass is 358 g/mol. The van der Waals surface area contributed by atoms with E-state index in [1.807, 2.05) is 18.2 Å². The second-order valence-corrected chi connectivity index (χ2v) is 6.88. The number of nitrogens with one attached hydrogen (secondary N) is 1. The molecule has 1 heterocycles. The normalized spacial score (nSPS) is 15.6. The van der Waals surface area contributed by atoms with Crippen molar-refractivity contribution in [1.82, 2.24) is 5.32 Å². The minimum atomic E-state index is -1.14. The molecule has 136 valence electrons. The number of halogens is 1. The first-order valence-corrected chi connectivity index (χ1v) is 8.70. The van der Waals surface area contributed by atoms with Crippen molar-refractivity contribution in [3.8, 4) is 0 Å². The van der Waals surface area contributed by atoms with Gasteiger partial charge in [-0.25, -0.2) is 0 Å². The molecule has 1 aliphatic rings. The highest BCUT2D eigenvalue weighted by Gasteiger charge is 2.28. The Hall–Kier alpha value is -0.890. The molecule has 0 saturated carbocycles. The minimum absolute atomic E-state index is 0.216. The first-order valence-electron chi connectivity index (χ1n) is 8.32. The molecule has 7 heteroatoms. The highest BCUT2D eigenvalue weighted by molar-refractivity contribution is 6.30. The number of rotatable bonds is 10. The Balaban J connectivity index is 1.73. The van der Waals surface area contributed by atoms with Gasteiger partial charge in [-0.3, -0.25) is 0 Å². The van der Waals surface area contributed by atoms with E-state index in [4.69, 9.17) is 11.6 Å². The van der Waals surface area contributed by atoms with Gasteiger partial charge in [0, 0.05) is 30.3 Å². The molecule has 0 radical (unpaired) electrons. The van der Waals surface area contributed by atoms with Crippen molar-refractivity contribution in [2.45, 2.75) is 30.9 Å². The van der Waals surface area contributed by atoms with Crippen molar-refractivity contribution in [2.75, 3.05) is 44.4 Å². The Morgan fingerprint density at radius 1 is 1.21 bits per heavy atom. The largest absolute Gasteiger partial charge is 0.394 e. The Kier molecular flexibility index (Phi) is 7.28. The summed E-state index contributed by atoms with van der Waals surface area (Å²) >= 11 is 6.01. The zero-order valence-corrected chi connectivity index (χ0v) is 14.5. The summed E-state index contributed by atoms with van der Waals surface area (Å²) in [7, 11) is 0. The maximum atomic E-state index is 10.1. The summed E-state index contributed by atoms with van der Waals surface area (Å²) in [5.41, 5.74) is 1.34. The maximum Gasteiger partial charge on any atom is 0.0882 e. The zero-order chi connectivity index (χ0) is 17.6. The molecule has 1 aromatic rings. The van der Waals surface area contributed by atoms with E-state index in [2.05, 4.69) is 10.2 Å². The smallest absolute Gasteiger partial charge is 0.0882 e. The molecule has 0 saturated heterocycles. The first kappa shape index (κ1) is 19.4. The van der Waals surface area contributed by atoms with Gasteiger partial charge in [-0.15, -0.1) is 0 Å². The highest BCUT2D eigenvalue weighted by atomic mass is 35.5. The van der Waals surface area contributed by atoms with Crippen LogP contribution in [-0.4, -0.2) is 71.5 Å². The van der Waals surface area contributed by atoms with Gasteiger partial charge in [-0.05, 0) is 43.0 Å². The molecule has 24 heavy (non-hydrogen) atoms. The van der Waals surface area contributed by atoms with Gasteiger partial charge in [-0.2, -0.15) is 0 Å². The van der Waals surface area contributed by atoms with Crippen LogP contribution in [0.2, 0.25) is 5.02 Å². The van der Waals surface area contributed by atoms with Gasteiger partial charge in [0.1, 0.15) is 0 Å². The molecule has 6 nitrogen and oxygen atoms in total. The van der Waals surface area contributed by atoms with Crippen LogP contribution in [0.25, 0.3) is 0 Å². The van der Waals surface area contributed by atoms with E-state index in [9.17, 15) is 20.4 Å². The number of benzene rings is 1. The summed E-state index contributed by atoms with van der Waals surface area (Å²) < 4.78 is 0. The predicted molar refractivity (Wildman–Crippen MR) is 94.6 cm³/mol. The van der Waals surface area contributed by atoms with Crippen LogP contribution in [0.3, 0.4) is 0 Å². The lowest BCUT2D eigenvalue weighted by Gasteiger charge is -2.30. The van der Waals surface area contributed by atoms with Gasteiger partial charge in [0.15, 0.2) is 0 Å². The first-order chi connectivity index (χ1) is 11.5. The van der Waals surface area contributed by atoms with Crippen molar-refractivity contribution in [2.24, 2.45) is 0 Å². The summed E-state index contributed by atoms with van der Waals surface area (Å²) in [5.74, 6) is 0. The SMILES string of the molecule is OCC(CO)(CO)NCC(O)CCCN1CCc2cc(Cl)ccc21. The fourth-order valence-corrected chi connectivity index (χ4v) is 3.14. The molecule has 1 unspecified atom stereocenters. The number of aliphatic hydroxyl groups is 4. The third kappa shape index (κ3) is 4.81. The van der Waals surface area contributed by atoms with Crippen LogP contribution >= 0.6 is 11.6 Å². The molecule has 0 aromatic heterocycles. The van der Waals surface area contributed by atoms with Gasteiger partial charge in [0.25, 0.3) is 0 Å². The Labute approximate surface area is 147 Å². The average molecular weight is 359 g/mol. The van der Waals surface area contributed by atoms with Crippen LogP contribution in [0, 0.1) is 0 Å². The Morgan fingerprint density at radius 3 is 2.58 bits per heavy atom. The summed E-state index contributed by atoms with van der Waals surface area (Å²) in [4.78, 5) is 2.30. The van der Waals surface area contributed by atoms with Crippen LogP contribution < -0.4 is 10.2 Å². The molecule has 0 spiro atoms. The quantitative estimate of drug-likeness (QED) is 0.408. The maximum absolute atomic E-state index is 10.1. The van der Waals surface area contributed by atoms with Gasteiger partial charge in [0.2, 0.25) is 0 Å². The molecule has 5 N–H and O–H groups in total. The molecular formula is C17H27ClN2O4. The van der Waals surface area contributed by atoms with E-state index in [0.29, 0.717) is 6.42 Å². The topological polar surface area (TPSA) is 96.2 Å². The number of β-amino-alcohol motifs (C(OH)–C–C–N with tert-alkyl or cyclic N) is 1. The minimum Gasteiger partial charge on any atom is -0.394 e. The fraction of sp³-hybridized carbons (Fsp3) is 0.647. The van der Waals surface area contributed by atoms with Crippen LogP contribution in [0.15, 0.2) is 18.2 Å². The van der Waals surface area contributed by atoms with Crippen molar-refractivity contribution >= 4 is 17.3 Å². The lowest BCUT2D eigenvalue weighted by Crippen LogP contribution is -2.56. The van der Waals surface area contributed by atoms with E-state index >= 15 is 0 Å². The number of nitrogens with zero attached hydrogens (tertiary/aromatic N) is 1. The lowest BCUT2D eigenvalue weighted by molar-refractivity contribution is 0.0314. The summed E-state index contributed by atoms with van der Waals surface area (Å²) in [6.07, 6.45) is 1.83. The number of hydrogen-bond acceptors (Lipinski definition) is 6. The third-order valence-corrected chi connectivity index (χ3v) is 4.85. The second-order valence-electron chi connectivity index (χ2n) is 6.44. The zero-order valence-electron chi connectivity index (χ0n) is 13.8. The number of fused-ring (bicyclic) bond motifs is 1. The molecule has 2 rings (SSSR count). The van der Waals surface area contributed by atoms with Crippen molar-refractivity contribution in [3.63, 3.8) is 0 Å². The lowest BCUT2D eigenvalue weighted by atomic mass is 10.0. The number of anilines is 1. The molecule has 1 aromatic carbocycles. The molecule has 1 aliphatic heterocycles. The third-order valence-electron chi connectivity index (χ3n) is 4.62. The van der Waals surface area contributed by atoms with E-state index in [1.165, 1.54) is 11.3 Å². The Morgan fingerprint density at radius 2 is 1.92 bits per heavy atom. The van der Waals surface area contributed by atoms with E-state index in [0.717, 1.165) is 31.0 Å². The van der Waals surface area contributed by atoms with Gasteiger partial charge < -0.3 is 30.6 Å². The molecule has 0 amide bonds. The average Bonchev–Trinajstić information content (AvgIpc) is 2.99. The van der Waals surface area contributed by atoms with E-state index in [1.54, 1.807) is 0 Å². The Bertz CT molecular complexity index is 517. The highest BCUT2D eigenvalue weighted by Crippen LogP contribution is 2.30. The summed E-state index contributed by atoms with van der Waals surface area (Å²) in [6, 6.07) is 5.95. The molecular weight excluding hydrogens is 332 g/mol. The van der Waals surface area contributed by atoms with Gasteiger partial charge >= 0.3 is 0 Å². The fourth-order valence-electron chi connectivity index (χ4n) is 2.94. The van der Waals surface area contributed by atoms with Crippen LogP contribution in [-0.2, 0) is 6.42 Å². The molecule has 1 atom stereocenters. The van der Waals surface area contributed by atoms with Crippen LogP contribution in [0.5, 0.6) is 0 Å². The molecule has 0 aliphatic carbocycles. The summed E-state index contributed by atoms with van der Waals surface area (Å²) in [5, 5.41) is 41.4. The van der Waals surface area contributed by atoms with Crippen LogP contribution in [0.4, 0.5) is 5.69 Å². The second kappa shape index (κ2) is 8.99. The van der Waals surface area contributed by atoms with Crippen molar-refractivity contribution in [1.29, 1.82) is 0 Å². The standard InChI is InChI=1S/C17H27ClN2O4/c18-14-3-4-16-13(8-14)5-7-20(16)6-1-2-15(24)9-19-17(10-21,11-22)12-23/h3-4,8,15,19,21-24H,1-2,5-7,9-12H2. The predicted octanol–water partition coefficient (Wildman–Crippen LogP) is 0.149. The van der Waals surface area contributed by atoms with E-state index < -0.39 is 11.6 Å². The molecule has 0 bridgehead atoms. The van der Waals surface area contributed by atoms with Crippen LogP contribution in [0.1, 0.15) is 18.4 Å². The summed E-state index contributed by atoms with van der Waals surface area (Å²) in [6.45, 7) is 0.872. The molecule has 0 fully saturated rings. The van der Waals surface area contributed by atoms with E-state index in [-0.39, 0.29) is 26.4 Å². The number of hydrogen-bond donors (Lipinski definition) is 5. The van der Waals surface area contributed by atoms with Crippen molar-refractivity contribution in [3.05, 3.63) is 28.8 Å². The van der Waals surface area contributed by atoms with Gasteiger partial charge in [0.05, 0.1) is 31.5 Å². The van der Waals surface area contributed by atoms with Crippen molar-refractivity contribution < 1.29 is 20.4 Å². The number of aliphatic hydroxyl groups excluding tert-OH is 4. The van der Waals surface area contributed by atoms with Gasteiger partial charge in [-0.1, -0.05) is 11.6 Å².